The van der Waals surface area contributed by atoms with E-state index in [1.54, 1.807) is 0 Å². The third-order valence-electron chi connectivity index (χ3n) is 3.59. The molecule has 0 aliphatic heterocycles. The number of nitrogens with one attached hydrogen (secondary N) is 1. The molecule has 0 saturated carbocycles. The van der Waals surface area contributed by atoms with Gasteiger partial charge in [0, 0.05) is 17.3 Å². The molecule has 28 heavy (non-hydrogen) atoms. The minimum absolute atomic E-state index is 0.107. The van der Waals surface area contributed by atoms with Crippen LogP contribution in [0.15, 0.2) is 48.5 Å². The summed E-state index contributed by atoms with van der Waals surface area (Å²) in [5, 5.41) is 2.43. The van der Waals surface area contributed by atoms with Crippen molar-refractivity contribution >= 4 is 11.6 Å². The molecule has 0 fully saturated rings. The lowest BCUT2D eigenvalue weighted by molar-refractivity contribution is 0.102. The number of ether oxygens (including phenoxy) is 1. The summed E-state index contributed by atoms with van der Waals surface area (Å²) >= 11 is 0. The first kappa shape index (κ1) is 19.3. The van der Waals surface area contributed by atoms with Crippen molar-refractivity contribution in [3.05, 3.63) is 89.0 Å². The Labute approximate surface area is 154 Å². The molecule has 3 nitrogen and oxygen atoms in total. The van der Waals surface area contributed by atoms with Gasteiger partial charge in [0.05, 0.1) is 0 Å². The van der Waals surface area contributed by atoms with E-state index >= 15 is 0 Å². The summed E-state index contributed by atoms with van der Waals surface area (Å²) in [6, 6.07) is 9.65. The van der Waals surface area contributed by atoms with Crippen LogP contribution in [0.25, 0.3) is 0 Å². The van der Waals surface area contributed by atoms with Crippen molar-refractivity contribution in [1.82, 2.24) is 0 Å². The fourth-order valence-corrected chi connectivity index (χ4v) is 2.23. The van der Waals surface area contributed by atoms with Crippen LogP contribution in [0.4, 0.5) is 32.0 Å². The Kier molecular flexibility index (Phi) is 5.25. The van der Waals surface area contributed by atoms with Crippen molar-refractivity contribution in [3.8, 4) is 11.5 Å². The van der Waals surface area contributed by atoms with Gasteiger partial charge in [-0.3, -0.25) is 4.79 Å². The maximum Gasteiger partial charge on any atom is 0.255 e. The van der Waals surface area contributed by atoms with Crippen molar-refractivity contribution in [1.29, 1.82) is 0 Å². The monoisotopic (exact) mass is 397 g/mol. The Morgan fingerprint density at radius 3 is 1.93 bits per heavy atom. The summed E-state index contributed by atoms with van der Waals surface area (Å²) in [5.41, 5.74) is 0.239. The number of benzene rings is 3. The zero-order valence-corrected chi connectivity index (χ0v) is 13.7. The SMILES string of the molecule is O=C(Nc1cccc(Oc2c(F)c(F)c(F)c(F)c2F)c1)c1ccc(F)cc1. The van der Waals surface area contributed by atoms with Crippen molar-refractivity contribution < 1.29 is 35.9 Å². The molecule has 0 spiro atoms. The van der Waals surface area contributed by atoms with Crippen LogP contribution in [0.5, 0.6) is 11.5 Å². The third-order valence-corrected chi connectivity index (χ3v) is 3.59. The van der Waals surface area contributed by atoms with Crippen LogP contribution in [-0.2, 0) is 0 Å². The average Bonchev–Trinajstić information content (AvgIpc) is 2.69. The van der Waals surface area contributed by atoms with Crippen molar-refractivity contribution in [2.45, 2.75) is 0 Å². The number of amides is 1. The fraction of sp³-hybridized carbons (Fsp3) is 0. The zero-order chi connectivity index (χ0) is 20.4. The van der Waals surface area contributed by atoms with Gasteiger partial charge in [0.25, 0.3) is 5.91 Å². The predicted molar refractivity (Wildman–Crippen MR) is 87.1 cm³/mol. The minimum atomic E-state index is -2.30. The first-order valence-corrected chi connectivity index (χ1v) is 7.64. The molecule has 1 N–H and O–H groups in total. The van der Waals surface area contributed by atoms with Gasteiger partial charge >= 0.3 is 0 Å². The summed E-state index contributed by atoms with van der Waals surface area (Å²) in [6.07, 6.45) is 0. The molecule has 0 saturated heterocycles. The molecular weight excluding hydrogens is 388 g/mol. The van der Waals surface area contributed by atoms with Crippen LogP contribution < -0.4 is 10.1 Å². The summed E-state index contributed by atoms with van der Waals surface area (Å²) in [4.78, 5) is 12.1. The van der Waals surface area contributed by atoms with Crippen LogP contribution in [0, 0.1) is 34.9 Å². The molecule has 0 aromatic heterocycles. The molecule has 0 atom stereocenters. The van der Waals surface area contributed by atoms with E-state index < -0.39 is 46.6 Å². The number of halogens is 6. The van der Waals surface area contributed by atoms with E-state index in [1.807, 2.05) is 0 Å². The lowest BCUT2D eigenvalue weighted by Gasteiger charge is -2.11. The summed E-state index contributed by atoms with van der Waals surface area (Å²) < 4.78 is 84.7. The standard InChI is InChI=1S/C19H9F6NO2/c20-10-6-4-9(5-7-10)19(27)26-11-2-1-3-12(8-11)28-18-16(24)14(22)13(21)15(23)17(18)25/h1-8H,(H,26,27). The minimum Gasteiger partial charge on any atom is -0.451 e. The summed E-state index contributed by atoms with van der Waals surface area (Å²) in [5.74, 6) is -13.8. The summed E-state index contributed by atoms with van der Waals surface area (Å²) in [6.45, 7) is 0. The first-order valence-electron chi connectivity index (χ1n) is 7.64. The van der Waals surface area contributed by atoms with Crippen LogP contribution >= 0.6 is 0 Å². The van der Waals surface area contributed by atoms with Gasteiger partial charge in [-0.1, -0.05) is 6.07 Å². The number of rotatable bonds is 4. The Morgan fingerprint density at radius 2 is 1.32 bits per heavy atom. The van der Waals surface area contributed by atoms with Gasteiger partial charge < -0.3 is 10.1 Å². The van der Waals surface area contributed by atoms with Crippen LogP contribution in [-0.4, -0.2) is 5.91 Å². The fourth-order valence-electron chi connectivity index (χ4n) is 2.23. The van der Waals surface area contributed by atoms with E-state index in [-0.39, 0.29) is 17.0 Å². The smallest absolute Gasteiger partial charge is 0.255 e. The zero-order valence-electron chi connectivity index (χ0n) is 13.7. The molecule has 0 unspecified atom stereocenters. The Bertz CT molecular complexity index is 1020. The Balaban J connectivity index is 1.85. The molecule has 0 radical (unpaired) electrons. The lowest BCUT2D eigenvalue weighted by atomic mass is 10.2. The molecule has 0 aliphatic rings. The number of carbonyl (C=O) groups excluding carboxylic acids is 1. The second kappa shape index (κ2) is 7.63. The normalized spacial score (nSPS) is 10.6. The molecular formula is C19H9F6NO2. The van der Waals surface area contributed by atoms with Crippen LogP contribution in [0.1, 0.15) is 10.4 Å². The average molecular weight is 397 g/mol. The highest BCUT2D eigenvalue weighted by atomic mass is 19.2. The van der Waals surface area contributed by atoms with Crippen molar-refractivity contribution in [2.24, 2.45) is 0 Å². The molecule has 1 amide bonds. The molecule has 9 heteroatoms. The van der Waals surface area contributed by atoms with E-state index in [2.05, 4.69) is 5.32 Å². The van der Waals surface area contributed by atoms with Gasteiger partial charge in [0.2, 0.25) is 34.8 Å². The number of hydrogen-bond acceptors (Lipinski definition) is 2. The highest BCUT2D eigenvalue weighted by Crippen LogP contribution is 2.33. The maximum atomic E-state index is 13.7. The highest BCUT2D eigenvalue weighted by Gasteiger charge is 2.27. The van der Waals surface area contributed by atoms with E-state index in [9.17, 15) is 31.1 Å². The van der Waals surface area contributed by atoms with Gasteiger partial charge in [-0.05, 0) is 36.4 Å². The van der Waals surface area contributed by atoms with Gasteiger partial charge in [-0.25, -0.2) is 17.6 Å². The van der Waals surface area contributed by atoms with E-state index in [0.29, 0.717) is 0 Å². The first-order chi connectivity index (χ1) is 13.3. The van der Waals surface area contributed by atoms with Crippen LogP contribution in [0.3, 0.4) is 0 Å². The lowest BCUT2D eigenvalue weighted by Crippen LogP contribution is -2.11. The molecule has 144 valence electrons. The predicted octanol–water partition coefficient (Wildman–Crippen LogP) is 5.57. The van der Waals surface area contributed by atoms with Crippen molar-refractivity contribution in [2.75, 3.05) is 5.32 Å². The Hall–Kier alpha value is -3.49. The Morgan fingerprint density at radius 1 is 0.750 bits per heavy atom. The quantitative estimate of drug-likeness (QED) is 0.355. The van der Waals surface area contributed by atoms with E-state index in [4.69, 9.17) is 4.74 Å². The van der Waals surface area contributed by atoms with E-state index in [0.717, 1.165) is 18.2 Å². The largest absolute Gasteiger partial charge is 0.451 e. The van der Waals surface area contributed by atoms with Gasteiger partial charge in [0.15, 0.2) is 0 Å². The molecule has 0 heterocycles. The number of carbonyl (C=O) groups is 1. The molecule has 0 bridgehead atoms. The molecule has 3 aromatic carbocycles. The summed E-state index contributed by atoms with van der Waals surface area (Å²) in [7, 11) is 0. The van der Waals surface area contributed by atoms with Gasteiger partial charge in [0.1, 0.15) is 11.6 Å². The molecule has 0 aliphatic carbocycles. The molecule has 3 aromatic rings. The second-order valence-corrected chi connectivity index (χ2v) is 5.49. The maximum absolute atomic E-state index is 13.7. The molecule has 3 rings (SSSR count). The number of hydrogen-bond donors (Lipinski definition) is 1. The van der Waals surface area contributed by atoms with Crippen LogP contribution in [0.2, 0.25) is 0 Å². The van der Waals surface area contributed by atoms with E-state index in [1.165, 1.54) is 30.3 Å². The second-order valence-electron chi connectivity index (χ2n) is 5.49. The highest BCUT2D eigenvalue weighted by molar-refractivity contribution is 6.04. The topological polar surface area (TPSA) is 38.3 Å². The third kappa shape index (κ3) is 3.78. The van der Waals surface area contributed by atoms with Gasteiger partial charge in [-0.2, -0.15) is 8.78 Å². The van der Waals surface area contributed by atoms with Crippen molar-refractivity contribution in [3.63, 3.8) is 0 Å². The van der Waals surface area contributed by atoms with Gasteiger partial charge in [-0.15, -0.1) is 0 Å². The number of anilines is 1.